The molecular weight excluding hydrogens is 326 g/mol. The summed E-state index contributed by atoms with van der Waals surface area (Å²) in [6.45, 7) is 1.47. The molecule has 10 heteroatoms. The number of sulfonamides is 1. The predicted molar refractivity (Wildman–Crippen MR) is 81.7 cm³/mol. The van der Waals surface area contributed by atoms with E-state index >= 15 is 0 Å². The Morgan fingerprint density at radius 3 is 2.26 bits per heavy atom. The molecule has 0 spiro atoms. The monoisotopic (exact) mass is 337 g/mol. The molecule has 2 rings (SSSR count). The van der Waals surface area contributed by atoms with E-state index < -0.39 is 31.2 Å². The minimum absolute atomic E-state index is 0.219. The Morgan fingerprint density at radius 2 is 1.65 bits per heavy atom. The molecule has 23 heavy (non-hydrogen) atoms. The van der Waals surface area contributed by atoms with Crippen molar-refractivity contribution < 1.29 is 18.3 Å². The number of anilines is 1. The van der Waals surface area contributed by atoms with Gasteiger partial charge in [0.1, 0.15) is 5.69 Å². The maximum Gasteiger partial charge on any atom is 0.293 e. The fourth-order valence-corrected chi connectivity index (χ4v) is 3.25. The van der Waals surface area contributed by atoms with Gasteiger partial charge in [-0.2, -0.15) is 0 Å². The Kier molecular flexibility index (Phi) is 4.27. The number of nitro benzene ring substituents is 2. The lowest BCUT2D eigenvalue weighted by Crippen LogP contribution is -2.15. The van der Waals surface area contributed by atoms with E-state index in [0.29, 0.717) is 0 Å². The van der Waals surface area contributed by atoms with E-state index in [9.17, 15) is 28.6 Å². The van der Waals surface area contributed by atoms with Crippen molar-refractivity contribution >= 4 is 27.1 Å². The summed E-state index contributed by atoms with van der Waals surface area (Å²) in [6, 6.07) is 8.61. The number of aryl methyl sites for hydroxylation is 1. The zero-order valence-corrected chi connectivity index (χ0v) is 12.6. The molecule has 0 saturated heterocycles. The summed E-state index contributed by atoms with van der Waals surface area (Å²) < 4.78 is 26.9. The van der Waals surface area contributed by atoms with E-state index in [1.165, 1.54) is 37.3 Å². The van der Waals surface area contributed by atoms with Crippen LogP contribution in [0.3, 0.4) is 0 Å². The number of non-ortho nitro benzene ring substituents is 1. The van der Waals surface area contributed by atoms with Gasteiger partial charge in [-0.3, -0.25) is 25.0 Å². The first-order valence-electron chi connectivity index (χ1n) is 6.23. The number of nitro groups is 2. The van der Waals surface area contributed by atoms with Crippen molar-refractivity contribution in [2.24, 2.45) is 0 Å². The zero-order chi connectivity index (χ0) is 17.2. The molecule has 0 aliphatic carbocycles. The molecule has 0 atom stereocenters. The third-order valence-electron chi connectivity index (χ3n) is 3.02. The van der Waals surface area contributed by atoms with Crippen molar-refractivity contribution in [1.82, 2.24) is 0 Å². The standard InChI is InChI=1S/C13H11N3O6S/c1-9-6-7-10(15(17)18)8-13(9)23(21,22)14-11-4-2-3-5-12(11)16(19)20/h2-8,14H,1H3. The summed E-state index contributed by atoms with van der Waals surface area (Å²) in [4.78, 5) is 20.0. The van der Waals surface area contributed by atoms with Crippen LogP contribution in [0, 0.1) is 27.2 Å². The van der Waals surface area contributed by atoms with Gasteiger partial charge in [0.15, 0.2) is 0 Å². The normalized spacial score (nSPS) is 11.0. The van der Waals surface area contributed by atoms with Crippen LogP contribution >= 0.6 is 0 Å². The lowest BCUT2D eigenvalue weighted by molar-refractivity contribution is -0.385. The van der Waals surface area contributed by atoms with Crippen molar-refractivity contribution in [2.45, 2.75) is 11.8 Å². The van der Waals surface area contributed by atoms with Crippen molar-refractivity contribution in [3.8, 4) is 0 Å². The van der Waals surface area contributed by atoms with E-state index in [-0.39, 0.29) is 16.1 Å². The highest BCUT2D eigenvalue weighted by molar-refractivity contribution is 7.92. The first kappa shape index (κ1) is 16.4. The molecule has 0 unspecified atom stereocenters. The molecule has 0 radical (unpaired) electrons. The van der Waals surface area contributed by atoms with Crippen molar-refractivity contribution in [3.05, 3.63) is 68.3 Å². The molecule has 0 bridgehead atoms. The number of para-hydroxylation sites is 2. The highest BCUT2D eigenvalue weighted by atomic mass is 32.2. The largest absolute Gasteiger partial charge is 0.293 e. The molecule has 0 amide bonds. The average molecular weight is 337 g/mol. The molecule has 2 aromatic rings. The van der Waals surface area contributed by atoms with Crippen LogP contribution in [0.15, 0.2) is 47.4 Å². The topological polar surface area (TPSA) is 132 Å². The minimum Gasteiger partial charge on any atom is -0.273 e. The minimum atomic E-state index is -4.21. The van der Waals surface area contributed by atoms with Crippen LogP contribution in [-0.4, -0.2) is 18.3 Å². The first-order valence-corrected chi connectivity index (χ1v) is 7.72. The molecule has 0 heterocycles. The Hall–Kier alpha value is -3.01. The van der Waals surface area contributed by atoms with Gasteiger partial charge >= 0.3 is 0 Å². The van der Waals surface area contributed by atoms with E-state index in [1.54, 1.807) is 0 Å². The molecule has 0 aliphatic rings. The van der Waals surface area contributed by atoms with Gasteiger partial charge in [0.05, 0.1) is 14.7 Å². The number of nitrogens with one attached hydrogen (secondary N) is 1. The Bertz CT molecular complexity index is 894. The Balaban J connectivity index is 2.50. The number of rotatable bonds is 5. The molecule has 0 aromatic heterocycles. The summed E-state index contributed by atoms with van der Waals surface area (Å²) in [6.07, 6.45) is 0. The van der Waals surface area contributed by atoms with Gasteiger partial charge in [0, 0.05) is 18.2 Å². The fraction of sp³-hybridized carbons (Fsp3) is 0.0769. The highest BCUT2D eigenvalue weighted by Gasteiger charge is 2.23. The van der Waals surface area contributed by atoms with Crippen molar-refractivity contribution in [1.29, 1.82) is 0 Å². The lowest BCUT2D eigenvalue weighted by atomic mass is 10.2. The number of benzene rings is 2. The molecule has 0 fully saturated rings. The molecule has 0 saturated carbocycles. The second-order valence-corrected chi connectivity index (χ2v) is 6.24. The van der Waals surface area contributed by atoms with E-state index in [4.69, 9.17) is 0 Å². The number of hydrogen-bond acceptors (Lipinski definition) is 6. The first-order chi connectivity index (χ1) is 10.7. The second kappa shape index (κ2) is 6.01. The van der Waals surface area contributed by atoms with Crippen molar-refractivity contribution in [2.75, 3.05) is 4.72 Å². The summed E-state index contributed by atoms with van der Waals surface area (Å²) in [7, 11) is -4.21. The number of hydrogen-bond donors (Lipinski definition) is 1. The molecular formula is C13H11N3O6S. The van der Waals surface area contributed by atoms with Crippen LogP contribution in [0.4, 0.5) is 17.1 Å². The van der Waals surface area contributed by atoms with E-state index in [1.807, 2.05) is 0 Å². The lowest BCUT2D eigenvalue weighted by Gasteiger charge is -2.10. The van der Waals surface area contributed by atoms with Crippen LogP contribution in [-0.2, 0) is 10.0 Å². The fourth-order valence-electron chi connectivity index (χ4n) is 1.91. The third kappa shape index (κ3) is 3.43. The van der Waals surface area contributed by atoms with Crippen LogP contribution in [0.5, 0.6) is 0 Å². The summed E-state index contributed by atoms with van der Waals surface area (Å²) in [5, 5.41) is 21.7. The SMILES string of the molecule is Cc1ccc([N+](=O)[O-])cc1S(=O)(=O)Nc1ccccc1[N+](=O)[O-]. The van der Waals surface area contributed by atoms with Gasteiger partial charge in [0.2, 0.25) is 0 Å². The quantitative estimate of drug-likeness (QED) is 0.658. The molecule has 2 aromatic carbocycles. The van der Waals surface area contributed by atoms with Gasteiger partial charge in [-0.25, -0.2) is 8.42 Å². The Morgan fingerprint density at radius 1 is 1.00 bits per heavy atom. The smallest absolute Gasteiger partial charge is 0.273 e. The zero-order valence-electron chi connectivity index (χ0n) is 11.8. The number of nitrogens with zero attached hydrogens (tertiary/aromatic N) is 2. The van der Waals surface area contributed by atoms with Gasteiger partial charge in [-0.1, -0.05) is 18.2 Å². The summed E-state index contributed by atoms with van der Waals surface area (Å²) >= 11 is 0. The van der Waals surface area contributed by atoms with Crippen LogP contribution in [0.25, 0.3) is 0 Å². The Labute approximate surface area is 130 Å². The summed E-state index contributed by atoms with van der Waals surface area (Å²) in [5.41, 5.74) is -0.747. The molecule has 1 N–H and O–H groups in total. The van der Waals surface area contributed by atoms with Crippen LogP contribution < -0.4 is 4.72 Å². The van der Waals surface area contributed by atoms with E-state index in [2.05, 4.69) is 4.72 Å². The van der Waals surface area contributed by atoms with E-state index in [0.717, 1.165) is 12.1 Å². The van der Waals surface area contributed by atoms with Crippen LogP contribution in [0.2, 0.25) is 0 Å². The third-order valence-corrected chi connectivity index (χ3v) is 4.52. The van der Waals surface area contributed by atoms with Gasteiger partial charge in [-0.05, 0) is 18.6 Å². The van der Waals surface area contributed by atoms with Gasteiger partial charge in [-0.15, -0.1) is 0 Å². The highest BCUT2D eigenvalue weighted by Crippen LogP contribution is 2.28. The average Bonchev–Trinajstić information content (AvgIpc) is 2.47. The maximum atomic E-state index is 12.4. The van der Waals surface area contributed by atoms with Gasteiger partial charge < -0.3 is 0 Å². The maximum absolute atomic E-state index is 12.4. The van der Waals surface area contributed by atoms with Crippen LogP contribution in [0.1, 0.15) is 5.56 Å². The molecule has 9 nitrogen and oxygen atoms in total. The predicted octanol–water partition coefficient (Wildman–Crippen LogP) is 2.61. The van der Waals surface area contributed by atoms with Crippen molar-refractivity contribution in [3.63, 3.8) is 0 Å². The molecule has 0 aliphatic heterocycles. The van der Waals surface area contributed by atoms with Gasteiger partial charge in [0.25, 0.3) is 21.4 Å². The summed E-state index contributed by atoms with van der Waals surface area (Å²) in [5.74, 6) is 0. The second-order valence-electron chi connectivity index (χ2n) is 4.59. The molecule has 120 valence electrons.